The van der Waals surface area contributed by atoms with E-state index in [1.165, 1.54) is 47.7 Å². The van der Waals surface area contributed by atoms with Crippen LogP contribution in [0.4, 0.5) is 84.6 Å². The summed E-state index contributed by atoms with van der Waals surface area (Å²) in [6.45, 7) is -0.369. The first-order chi connectivity index (χ1) is 43.2. The maximum absolute atomic E-state index is 7.82. The van der Waals surface area contributed by atoms with E-state index >= 15 is 0 Å². The van der Waals surface area contributed by atoms with E-state index in [1.54, 1.807) is 0 Å². The van der Waals surface area contributed by atoms with Crippen LogP contribution in [0.15, 0.2) is 309 Å². The topological polar surface area (TPSA) is 25.4 Å². The molecule has 406 valence electrons. The maximum Gasteiger partial charge on any atom is 0.258 e. The molecule has 4 aliphatic rings. The van der Waals surface area contributed by atoms with Gasteiger partial charge in [-0.2, -0.15) is 0 Å². The van der Waals surface area contributed by atoms with E-state index < -0.39 is 0 Å². The summed E-state index contributed by atoms with van der Waals surface area (Å²) in [4.78, 5) is 12.3. The van der Waals surface area contributed by atoms with Gasteiger partial charge in [-0.05, 0) is 158 Å². The Kier molecular flexibility index (Phi) is 11.3. The molecule has 1 aromatic heterocycles. The Bertz CT molecular complexity index is 4920. The number of ether oxygens (including phenoxy) is 1. The minimum Gasteiger partial charge on any atom is -0.458 e. The molecule has 4 aliphatic heterocycles. The van der Waals surface area contributed by atoms with Crippen LogP contribution >= 0.6 is 11.3 Å². The summed E-state index contributed by atoms with van der Waals surface area (Å²) >= 11 is 1.90. The predicted octanol–water partition coefficient (Wildman–Crippen LogP) is 17.5. The molecule has 0 N–H and O–H groups in total. The summed E-state index contributed by atoms with van der Waals surface area (Å²) in [7, 11) is 0. The van der Waals surface area contributed by atoms with Gasteiger partial charge >= 0.3 is 0 Å². The van der Waals surface area contributed by atoms with E-state index in [-0.39, 0.29) is 13.4 Å². The summed E-state index contributed by atoms with van der Waals surface area (Å²) < 4.78 is 9.10. The standard InChI is InChI=1S/C78H51B2N5OS/c1-8-27-53(28-9-1)81(54-29-10-2-11-30-54)60-46-69-75-70(47-60)84(58-37-18-6-19-38-58)68-51-72-66(50-65(68)79(75)64-42-24-25-43-67(64)83(69)57-35-16-5-17-36-57)80-74-63-45-44-52-26-22-23-41-62(52)77(63)87-78(74)85(59-39-20-7-21-40-59)71-48-61(49-73(86-72)76(71)80)82(55-31-12-3-13-32-55)56-33-14-4-15-34-56/h1-51H. The summed E-state index contributed by atoms with van der Waals surface area (Å²) in [5.74, 6) is 1.67. The molecule has 9 heteroatoms. The average Bonchev–Trinajstić information content (AvgIpc) is 1.82. The number of fused-ring (bicyclic) bond motifs is 12. The number of anilines is 15. The van der Waals surface area contributed by atoms with Gasteiger partial charge in [-0.3, -0.25) is 0 Å². The number of thiophene rings is 1. The van der Waals surface area contributed by atoms with Crippen molar-refractivity contribution in [2.45, 2.75) is 0 Å². The number of hydrogen-bond acceptors (Lipinski definition) is 7. The Morgan fingerprint density at radius 3 is 1.31 bits per heavy atom. The van der Waals surface area contributed by atoms with E-state index in [0.717, 1.165) is 102 Å². The van der Waals surface area contributed by atoms with Crippen molar-refractivity contribution >= 4 is 163 Å². The van der Waals surface area contributed by atoms with E-state index in [1.807, 2.05) is 11.3 Å². The maximum atomic E-state index is 7.82. The highest BCUT2D eigenvalue weighted by atomic mass is 32.1. The van der Waals surface area contributed by atoms with Crippen molar-refractivity contribution in [3.63, 3.8) is 0 Å². The third-order valence-electron chi connectivity index (χ3n) is 18.0. The number of rotatable bonds is 9. The van der Waals surface area contributed by atoms with Crippen LogP contribution in [0.25, 0.3) is 20.9 Å². The van der Waals surface area contributed by atoms with Crippen LogP contribution in [0.2, 0.25) is 0 Å². The van der Waals surface area contributed by atoms with E-state index in [9.17, 15) is 0 Å². The minimum atomic E-state index is -0.205. The molecule has 13 aromatic carbocycles. The molecule has 0 aliphatic carbocycles. The van der Waals surface area contributed by atoms with Crippen LogP contribution in [0, 0.1) is 0 Å². The second-order valence-electron chi connectivity index (χ2n) is 22.8. The van der Waals surface area contributed by atoms with Gasteiger partial charge in [-0.25, -0.2) is 0 Å². The van der Waals surface area contributed by atoms with Crippen LogP contribution in [-0.2, 0) is 0 Å². The second kappa shape index (κ2) is 19.8. The molecule has 5 heterocycles. The zero-order valence-corrected chi connectivity index (χ0v) is 48.0. The first-order valence-electron chi connectivity index (χ1n) is 29.8. The Hall–Kier alpha value is -11.0. The fourth-order valence-corrected chi connectivity index (χ4v) is 15.8. The van der Waals surface area contributed by atoms with Crippen molar-refractivity contribution in [2.24, 2.45) is 0 Å². The number of benzene rings is 13. The molecule has 0 fully saturated rings. The lowest BCUT2D eigenvalue weighted by Crippen LogP contribution is -2.64. The fraction of sp³-hybridized carbons (Fsp3) is 0. The summed E-state index contributed by atoms with van der Waals surface area (Å²) in [6.07, 6.45) is 0. The minimum absolute atomic E-state index is 0.164. The molecule has 87 heavy (non-hydrogen) atoms. The predicted molar refractivity (Wildman–Crippen MR) is 369 cm³/mol. The highest BCUT2D eigenvalue weighted by molar-refractivity contribution is 7.27. The van der Waals surface area contributed by atoms with Gasteiger partial charge in [0.1, 0.15) is 11.5 Å². The van der Waals surface area contributed by atoms with Gasteiger partial charge in [-0.15, -0.1) is 11.3 Å². The lowest BCUT2D eigenvalue weighted by atomic mass is 9.30. The van der Waals surface area contributed by atoms with Crippen molar-refractivity contribution in [3.8, 4) is 11.5 Å². The van der Waals surface area contributed by atoms with E-state index in [0.29, 0.717) is 0 Å². The third-order valence-corrected chi connectivity index (χ3v) is 19.2. The van der Waals surface area contributed by atoms with Crippen LogP contribution < -0.4 is 62.0 Å². The number of nitrogens with zero attached hydrogens (tertiary/aromatic N) is 5. The van der Waals surface area contributed by atoms with E-state index in [4.69, 9.17) is 4.74 Å². The molecule has 18 rings (SSSR count). The number of para-hydroxylation sites is 8. The molecule has 0 saturated heterocycles. The smallest absolute Gasteiger partial charge is 0.258 e. The Morgan fingerprint density at radius 1 is 0.287 bits per heavy atom. The van der Waals surface area contributed by atoms with Crippen molar-refractivity contribution in [1.29, 1.82) is 0 Å². The van der Waals surface area contributed by atoms with Crippen molar-refractivity contribution in [2.75, 3.05) is 24.5 Å². The summed E-state index contributed by atoms with van der Waals surface area (Å²) in [6, 6.07) is 113. The van der Waals surface area contributed by atoms with Gasteiger partial charge in [0, 0.05) is 85.1 Å². The van der Waals surface area contributed by atoms with Crippen LogP contribution in [0.5, 0.6) is 11.5 Å². The van der Waals surface area contributed by atoms with Gasteiger partial charge in [0.15, 0.2) is 0 Å². The molecule has 0 saturated carbocycles. The number of hydrogen-bond donors (Lipinski definition) is 0. The molecular formula is C78H51B2N5OS. The van der Waals surface area contributed by atoms with Crippen LogP contribution in [0.3, 0.4) is 0 Å². The van der Waals surface area contributed by atoms with E-state index in [2.05, 4.69) is 334 Å². The lowest BCUT2D eigenvalue weighted by Gasteiger charge is -2.46. The van der Waals surface area contributed by atoms with Crippen LogP contribution in [0.1, 0.15) is 0 Å². The molecule has 0 spiro atoms. The molecule has 6 nitrogen and oxygen atoms in total. The molecule has 0 amide bonds. The Labute approximate surface area is 510 Å². The normalized spacial score (nSPS) is 13.0. The average molecular weight is 1130 g/mol. The SMILES string of the molecule is c1ccc(N(c2ccccc2)c2cc3c4c(c2)N(c2ccccc2)c2sc5c(ccc6ccccc65)c2B4c2cc4c(cc2O3)N(c2ccccc2)c2cc(N(c3ccccc3)c3ccccc3)cc3c2B4c2ccccc2N3c2ccccc2)cc1. The Balaban J connectivity index is 0.947. The zero-order chi connectivity index (χ0) is 57.1. The molecule has 0 radical (unpaired) electrons. The molecule has 0 atom stereocenters. The lowest BCUT2D eigenvalue weighted by molar-refractivity contribution is 0.488. The first-order valence-corrected chi connectivity index (χ1v) is 30.6. The van der Waals surface area contributed by atoms with Gasteiger partial charge in [0.2, 0.25) is 0 Å². The van der Waals surface area contributed by atoms with Crippen molar-refractivity contribution in [3.05, 3.63) is 309 Å². The molecule has 0 bridgehead atoms. The van der Waals surface area contributed by atoms with Gasteiger partial charge in [0.25, 0.3) is 13.4 Å². The van der Waals surface area contributed by atoms with Crippen molar-refractivity contribution in [1.82, 2.24) is 0 Å². The summed E-state index contributed by atoms with van der Waals surface area (Å²) in [5, 5.41) is 4.95. The van der Waals surface area contributed by atoms with Crippen LogP contribution in [-0.4, -0.2) is 13.4 Å². The van der Waals surface area contributed by atoms with Gasteiger partial charge in [-0.1, -0.05) is 188 Å². The quantitative estimate of drug-likeness (QED) is 0.134. The van der Waals surface area contributed by atoms with Gasteiger partial charge in [0.05, 0.1) is 16.4 Å². The monoisotopic (exact) mass is 1130 g/mol. The molecule has 14 aromatic rings. The first kappa shape index (κ1) is 49.4. The largest absolute Gasteiger partial charge is 0.458 e. The highest BCUT2D eigenvalue weighted by Crippen LogP contribution is 2.52. The highest BCUT2D eigenvalue weighted by Gasteiger charge is 2.49. The Morgan fingerprint density at radius 2 is 0.747 bits per heavy atom. The molecule has 0 unspecified atom stereocenters. The van der Waals surface area contributed by atoms with Gasteiger partial charge < -0.3 is 29.2 Å². The fourth-order valence-electron chi connectivity index (χ4n) is 14.4. The zero-order valence-electron chi connectivity index (χ0n) is 47.2. The third kappa shape index (κ3) is 7.69. The summed E-state index contributed by atoms with van der Waals surface area (Å²) in [5.41, 5.74) is 22.4. The second-order valence-corrected chi connectivity index (χ2v) is 23.8. The van der Waals surface area contributed by atoms with Crippen molar-refractivity contribution < 1.29 is 4.74 Å². The molecular weight excluding hydrogens is 1080 g/mol.